The van der Waals surface area contributed by atoms with E-state index in [1.54, 1.807) is 0 Å². The molecule has 0 N–H and O–H groups in total. The number of allylic oxidation sites excluding steroid dienone is 2. The molecule has 74 valence electrons. The molecule has 0 spiro atoms. The highest BCUT2D eigenvalue weighted by Gasteiger charge is 1.95. The van der Waals surface area contributed by atoms with Crippen LogP contribution in [0, 0.1) is 23.8 Å². The highest BCUT2D eigenvalue weighted by molar-refractivity contribution is 5.08. The summed E-state index contributed by atoms with van der Waals surface area (Å²) < 4.78 is 0. The van der Waals surface area contributed by atoms with Crippen LogP contribution in [0.4, 0.5) is 0 Å². The second-order valence-electron chi connectivity index (χ2n) is 3.84. The van der Waals surface area contributed by atoms with Gasteiger partial charge in [0.1, 0.15) is 0 Å². The second-order valence-corrected chi connectivity index (χ2v) is 3.84. The summed E-state index contributed by atoms with van der Waals surface area (Å²) in [4.78, 5) is 2.06. The number of rotatable bonds is 3. The van der Waals surface area contributed by atoms with Gasteiger partial charge in [0, 0.05) is 25.6 Å². The first kappa shape index (κ1) is 12.1. The van der Waals surface area contributed by atoms with Crippen LogP contribution in [0.5, 0.6) is 0 Å². The van der Waals surface area contributed by atoms with Crippen LogP contribution < -0.4 is 0 Å². The van der Waals surface area contributed by atoms with Crippen molar-refractivity contribution in [2.24, 2.45) is 11.8 Å². The molecular weight excluding hydrogens is 158 g/mol. The van der Waals surface area contributed by atoms with Gasteiger partial charge in [-0.1, -0.05) is 31.9 Å². The van der Waals surface area contributed by atoms with Crippen molar-refractivity contribution in [2.75, 3.05) is 13.6 Å². The molecule has 0 rings (SSSR count). The molecular formula is C12H21N. The van der Waals surface area contributed by atoms with Gasteiger partial charge in [-0.2, -0.15) is 0 Å². The molecule has 0 aromatic heterocycles. The van der Waals surface area contributed by atoms with Gasteiger partial charge in [0.25, 0.3) is 0 Å². The van der Waals surface area contributed by atoms with E-state index < -0.39 is 0 Å². The summed E-state index contributed by atoms with van der Waals surface area (Å²) in [5.41, 5.74) is 0. The third-order valence-electron chi connectivity index (χ3n) is 1.60. The van der Waals surface area contributed by atoms with Crippen molar-refractivity contribution in [1.29, 1.82) is 0 Å². The zero-order chi connectivity index (χ0) is 10.3. The van der Waals surface area contributed by atoms with Crippen molar-refractivity contribution in [3.05, 3.63) is 12.2 Å². The van der Waals surface area contributed by atoms with Crippen LogP contribution in [-0.4, -0.2) is 18.5 Å². The van der Waals surface area contributed by atoms with E-state index in [0.29, 0.717) is 11.8 Å². The van der Waals surface area contributed by atoms with Crippen LogP contribution in [0.25, 0.3) is 0 Å². The zero-order valence-electron chi connectivity index (χ0n) is 9.46. The molecule has 0 aromatic rings. The van der Waals surface area contributed by atoms with E-state index in [0.717, 1.165) is 6.54 Å². The van der Waals surface area contributed by atoms with E-state index in [1.807, 2.05) is 20.0 Å². The fourth-order valence-electron chi connectivity index (χ4n) is 1.14. The van der Waals surface area contributed by atoms with Gasteiger partial charge >= 0.3 is 0 Å². The zero-order valence-corrected chi connectivity index (χ0v) is 9.46. The SMILES string of the molecule is CC=CC(C)C#CN(C)CC(C)C. The van der Waals surface area contributed by atoms with Crippen molar-refractivity contribution in [1.82, 2.24) is 4.90 Å². The fourth-order valence-corrected chi connectivity index (χ4v) is 1.14. The third kappa shape index (κ3) is 7.46. The molecule has 0 amide bonds. The largest absolute Gasteiger partial charge is 0.335 e. The van der Waals surface area contributed by atoms with Crippen molar-refractivity contribution in [2.45, 2.75) is 27.7 Å². The minimum atomic E-state index is 0.361. The molecule has 0 heterocycles. The Hall–Kier alpha value is -0.900. The van der Waals surface area contributed by atoms with Gasteiger partial charge in [-0.3, -0.25) is 0 Å². The average molecular weight is 179 g/mol. The molecule has 1 atom stereocenters. The number of hydrogen-bond donors (Lipinski definition) is 0. The minimum Gasteiger partial charge on any atom is -0.335 e. The molecule has 1 nitrogen and oxygen atoms in total. The standard InChI is InChI=1S/C12H21N/c1-6-7-12(4)8-9-13(5)10-11(2)3/h6-7,11-12H,10H2,1-5H3. The summed E-state index contributed by atoms with van der Waals surface area (Å²) in [5, 5.41) is 0. The van der Waals surface area contributed by atoms with Gasteiger partial charge in [0.2, 0.25) is 0 Å². The van der Waals surface area contributed by atoms with E-state index in [9.17, 15) is 0 Å². The number of hydrogen-bond acceptors (Lipinski definition) is 1. The first-order valence-corrected chi connectivity index (χ1v) is 4.91. The van der Waals surface area contributed by atoms with Crippen LogP contribution in [0.1, 0.15) is 27.7 Å². The Morgan fingerprint density at radius 3 is 2.38 bits per heavy atom. The maximum Gasteiger partial charge on any atom is 0.0372 e. The maximum atomic E-state index is 3.18. The van der Waals surface area contributed by atoms with Crippen LogP contribution >= 0.6 is 0 Å². The molecule has 0 saturated carbocycles. The van der Waals surface area contributed by atoms with Crippen molar-refractivity contribution >= 4 is 0 Å². The van der Waals surface area contributed by atoms with E-state index in [4.69, 9.17) is 0 Å². The molecule has 0 saturated heterocycles. The Morgan fingerprint density at radius 2 is 1.92 bits per heavy atom. The first-order chi connectivity index (χ1) is 6.06. The van der Waals surface area contributed by atoms with Crippen LogP contribution in [0.3, 0.4) is 0 Å². The molecule has 0 radical (unpaired) electrons. The number of nitrogens with zero attached hydrogens (tertiary/aromatic N) is 1. The van der Waals surface area contributed by atoms with Crippen molar-refractivity contribution in [3.8, 4) is 12.0 Å². The summed E-state index contributed by atoms with van der Waals surface area (Å²) in [6, 6.07) is 3.13. The van der Waals surface area contributed by atoms with Gasteiger partial charge in [0.15, 0.2) is 0 Å². The highest BCUT2D eigenvalue weighted by atomic mass is 15.1. The summed E-state index contributed by atoms with van der Waals surface area (Å²) in [6.07, 6.45) is 4.15. The maximum absolute atomic E-state index is 3.18. The molecule has 0 aliphatic heterocycles. The molecule has 1 heteroatoms. The van der Waals surface area contributed by atoms with Crippen molar-refractivity contribution < 1.29 is 0 Å². The van der Waals surface area contributed by atoms with Gasteiger partial charge < -0.3 is 4.90 Å². The predicted octanol–water partition coefficient (Wildman–Crippen LogP) is 2.75. The van der Waals surface area contributed by atoms with Gasteiger partial charge in [0.05, 0.1) is 0 Å². The lowest BCUT2D eigenvalue weighted by molar-refractivity contribution is 0.408. The average Bonchev–Trinajstić information content (AvgIpc) is 2.00. The third-order valence-corrected chi connectivity index (χ3v) is 1.60. The van der Waals surface area contributed by atoms with E-state index in [2.05, 4.69) is 43.7 Å². The molecule has 1 unspecified atom stereocenters. The van der Waals surface area contributed by atoms with Gasteiger partial charge in [-0.15, -0.1) is 0 Å². The van der Waals surface area contributed by atoms with Crippen LogP contribution in [0.15, 0.2) is 12.2 Å². The smallest absolute Gasteiger partial charge is 0.0372 e. The Morgan fingerprint density at radius 1 is 1.31 bits per heavy atom. The fraction of sp³-hybridized carbons (Fsp3) is 0.667. The lowest BCUT2D eigenvalue weighted by Crippen LogP contribution is -2.17. The van der Waals surface area contributed by atoms with Gasteiger partial charge in [-0.25, -0.2) is 0 Å². The van der Waals surface area contributed by atoms with E-state index >= 15 is 0 Å². The van der Waals surface area contributed by atoms with Crippen molar-refractivity contribution in [3.63, 3.8) is 0 Å². The Kier molecular flexibility index (Phi) is 6.14. The summed E-state index contributed by atoms with van der Waals surface area (Å²) in [6.45, 7) is 9.57. The molecule has 0 aliphatic carbocycles. The van der Waals surface area contributed by atoms with Crippen LogP contribution in [-0.2, 0) is 0 Å². The molecule has 0 fully saturated rings. The highest BCUT2D eigenvalue weighted by Crippen LogP contribution is 1.96. The predicted molar refractivity (Wildman–Crippen MR) is 59.2 cm³/mol. The topological polar surface area (TPSA) is 3.24 Å². The summed E-state index contributed by atoms with van der Waals surface area (Å²) >= 11 is 0. The monoisotopic (exact) mass is 179 g/mol. The minimum absolute atomic E-state index is 0.361. The molecule has 0 aromatic carbocycles. The lowest BCUT2D eigenvalue weighted by Gasteiger charge is -2.13. The molecule has 0 aliphatic rings. The first-order valence-electron chi connectivity index (χ1n) is 4.91. The second kappa shape index (κ2) is 6.60. The normalized spacial score (nSPS) is 12.8. The van der Waals surface area contributed by atoms with Crippen LogP contribution in [0.2, 0.25) is 0 Å². The van der Waals surface area contributed by atoms with Gasteiger partial charge in [-0.05, 0) is 19.8 Å². The van der Waals surface area contributed by atoms with E-state index in [1.165, 1.54) is 0 Å². The quantitative estimate of drug-likeness (QED) is 0.366. The molecule has 13 heavy (non-hydrogen) atoms. The Bertz CT molecular complexity index is 205. The van der Waals surface area contributed by atoms with E-state index in [-0.39, 0.29) is 0 Å². The summed E-state index contributed by atoms with van der Waals surface area (Å²) in [5.74, 6) is 4.22. The molecule has 0 bridgehead atoms. The Balaban J connectivity index is 3.93. The lowest BCUT2D eigenvalue weighted by atomic mass is 10.2. The summed E-state index contributed by atoms with van der Waals surface area (Å²) in [7, 11) is 2.04. The Labute approximate surface area is 82.8 Å².